The molecule has 2 aliphatic rings. The van der Waals surface area contributed by atoms with E-state index >= 15 is 0 Å². The number of hydrogen-bond donors (Lipinski definition) is 1. The van der Waals surface area contributed by atoms with Crippen molar-refractivity contribution in [3.8, 4) is 0 Å². The Morgan fingerprint density at radius 1 is 1.16 bits per heavy atom. The lowest BCUT2D eigenvalue weighted by Gasteiger charge is -2.50. The molecular formula is C16H30O3. The topological polar surface area (TPSA) is 38.7 Å². The summed E-state index contributed by atoms with van der Waals surface area (Å²) in [7, 11) is 0. The molecule has 1 spiro atoms. The van der Waals surface area contributed by atoms with Gasteiger partial charge in [-0.05, 0) is 50.4 Å². The summed E-state index contributed by atoms with van der Waals surface area (Å²) in [6.45, 7) is 9.72. The fraction of sp³-hybridized carbons (Fsp3) is 1.00. The summed E-state index contributed by atoms with van der Waals surface area (Å²) in [5.41, 5.74) is 0.201. The maximum atomic E-state index is 9.20. The highest BCUT2D eigenvalue weighted by Gasteiger charge is 2.47. The molecule has 0 aromatic rings. The molecule has 1 heterocycles. The largest absolute Gasteiger partial charge is 0.396 e. The van der Waals surface area contributed by atoms with Crippen molar-refractivity contribution in [1.82, 2.24) is 0 Å². The van der Waals surface area contributed by atoms with Crippen LogP contribution in [0.15, 0.2) is 0 Å². The predicted octanol–water partition coefficient (Wildman–Crippen LogP) is 3.50. The van der Waals surface area contributed by atoms with Gasteiger partial charge in [0.15, 0.2) is 0 Å². The van der Waals surface area contributed by atoms with Crippen LogP contribution in [0, 0.1) is 11.3 Å². The van der Waals surface area contributed by atoms with Gasteiger partial charge >= 0.3 is 0 Å². The monoisotopic (exact) mass is 270 g/mol. The van der Waals surface area contributed by atoms with E-state index in [1.54, 1.807) is 0 Å². The Labute approximate surface area is 117 Å². The summed E-state index contributed by atoms with van der Waals surface area (Å²) in [6.07, 6.45) is 6.41. The molecule has 112 valence electrons. The molecule has 1 atom stereocenters. The van der Waals surface area contributed by atoms with Crippen LogP contribution in [0.2, 0.25) is 0 Å². The molecule has 1 saturated heterocycles. The third kappa shape index (κ3) is 3.50. The zero-order valence-electron chi connectivity index (χ0n) is 13.0. The maximum absolute atomic E-state index is 9.20. The first-order valence-electron chi connectivity index (χ1n) is 7.67. The highest BCUT2D eigenvalue weighted by Crippen LogP contribution is 2.48. The first kappa shape index (κ1) is 15.3. The number of ether oxygens (including phenoxy) is 2. The predicted molar refractivity (Wildman–Crippen MR) is 75.9 cm³/mol. The SMILES string of the molecule is CC1(CCO)CC2(CCC(C(C)(C)C)CC2)OCO1. The van der Waals surface area contributed by atoms with Crippen molar-refractivity contribution in [1.29, 1.82) is 0 Å². The van der Waals surface area contributed by atoms with Crippen LogP contribution in [-0.2, 0) is 9.47 Å². The van der Waals surface area contributed by atoms with E-state index in [1.807, 2.05) is 0 Å². The van der Waals surface area contributed by atoms with Crippen molar-refractivity contribution in [3.63, 3.8) is 0 Å². The Balaban J connectivity index is 1.98. The maximum Gasteiger partial charge on any atom is 0.148 e. The molecule has 2 fully saturated rings. The van der Waals surface area contributed by atoms with Gasteiger partial charge in [0.2, 0.25) is 0 Å². The first-order chi connectivity index (χ1) is 8.79. The molecule has 3 heteroatoms. The van der Waals surface area contributed by atoms with Crippen LogP contribution in [0.1, 0.15) is 66.2 Å². The van der Waals surface area contributed by atoms with Gasteiger partial charge in [-0.1, -0.05) is 20.8 Å². The van der Waals surface area contributed by atoms with Crippen molar-refractivity contribution in [2.45, 2.75) is 77.4 Å². The Morgan fingerprint density at radius 3 is 2.32 bits per heavy atom. The van der Waals surface area contributed by atoms with Crippen LogP contribution in [0.25, 0.3) is 0 Å². The molecule has 0 bridgehead atoms. The lowest BCUT2D eigenvalue weighted by molar-refractivity contribution is -0.271. The van der Waals surface area contributed by atoms with Crippen LogP contribution in [-0.4, -0.2) is 29.7 Å². The average molecular weight is 270 g/mol. The second kappa shape index (κ2) is 5.34. The molecule has 1 aliphatic heterocycles. The van der Waals surface area contributed by atoms with E-state index in [1.165, 1.54) is 12.8 Å². The molecule has 0 radical (unpaired) electrons. The Kier molecular flexibility index (Phi) is 4.29. The zero-order chi connectivity index (χ0) is 14.1. The van der Waals surface area contributed by atoms with Crippen LogP contribution < -0.4 is 0 Å². The van der Waals surface area contributed by atoms with E-state index in [0.29, 0.717) is 18.6 Å². The van der Waals surface area contributed by atoms with Crippen LogP contribution in [0.4, 0.5) is 0 Å². The lowest BCUT2D eigenvalue weighted by Crippen LogP contribution is -2.51. The van der Waals surface area contributed by atoms with Gasteiger partial charge < -0.3 is 14.6 Å². The summed E-state index contributed by atoms with van der Waals surface area (Å²) < 4.78 is 11.8. The van der Waals surface area contributed by atoms with Crippen molar-refractivity contribution in [2.75, 3.05) is 13.4 Å². The van der Waals surface area contributed by atoms with Crippen molar-refractivity contribution in [3.05, 3.63) is 0 Å². The van der Waals surface area contributed by atoms with Crippen molar-refractivity contribution < 1.29 is 14.6 Å². The molecular weight excluding hydrogens is 240 g/mol. The second-order valence-electron chi connectivity index (χ2n) is 7.83. The highest BCUT2D eigenvalue weighted by molar-refractivity contribution is 4.97. The Bertz CT molecular complexity index is 296. The van der Waals surface area contributed by atoms with E-state index in [4.69, 9.17) is 9.47 Å². The lowest BCUT2D eigenvalue weighted by atomic mass is 9.66. The third-order valence-electron chi connectivity index (χ3n) is 5.23. The van der Waals surface area contributed by atoms with Gasteiger partial charge in [0.25, 0.3) is 0 Å². The van der Waals surface area contributed by atoms with E-state index in [-0.39, 0.29) is 17.8 Å². The number of aliphatic hydroxyl groups excluding tert-OH is 1. The van der Waals surface area contributed by atoms with Crippen LogP contribution in [0.3, 0.4) is 0 Å². The molecule has 1 saturated carbocycles. The summed E-state index contributed by atoms with van der Waals surface area (Å²) >= 11 is 0. The smallest absolute Gasteiger partial charge is 0.148 e. The Hall–Kier alpha value is -0.120. The summed E-state index contributed by atoms with van der Waals surface area (Å²) in [4.78, 5) is 0. The minimum absolute atomic E-state index is 0.00389. The quantitative estimate of drug-likeness (QED) is 0.834. The van der Waals surface area contributed by atoms with E-state index < -0.39 is 0 Å². The van der Waals surface area contributed by atoms with Gasteiger partial charge in [-0.2, -0.15) is 0 Å². The number of hydrogen-bond acceptors (Lipinski definition) is 3. The fourth-order valence-electron chi connectivity index (χ4n) is 3.81. The van der Waals surface area contributed by atoms with Crippen molar-refractivity contribution >= 4 is 0 Å². The first-order valence-corrected chi connectivity index (χ1v) is 7.67. The Morgan fingerprint density at radius 2 is 1.79 bits per heavy atom. The average Bonchev–Trinajstić information content (AvgIpc) is 2.27. The van der Waals surface area contributed by atoms with E-state index in [2.05, 4.69) is 27.7 Å². The molecule has 1 aliphatic carbocycles. The summed E-state index contributed by atoms with van der Waals surface area (Å²) in [5.74, 6) is 0.800. The molecule has 0 aromatic carbocycles. The van der Waals surface area contributed by atoms with Gasteiger partial charge in [-0.3, -0.25) is 0 Å². The summed E-state index contributed by atoms with van der Waals surface area (Å²) in [6, 6.07) is 0. The van der Waals surface area contributed by atoms with E-state index in [0.717, 1.165) is 25.2 Å². The molecule has 1 N–H and O–H groups in total. The fourth-order valence-corrected chi connectivity index (χ4v) is 3.81. The van der Waals surface area contributed by atoms with Gasteiger partial charge in [0.1, 0.15) is 6.79 Å². The minimum atomic E-state index is -0.207. The van der Waals surface area contributed by atoms with E-state index in [9.17, 15) is 5.11 Å². The van der Waals surface area contributed by atoms with Gasteiger partial charge in [0.05, 0.1) is 11.2 Å². The third-order valence-corrected chi connectivity index (χ3v) is 5.23. The second-order valence-corrected chi connectivity index (χ2v) is 7.83. The molecule has 19 heavy (non-hydrogen) atoms. The molecule has 3 nitrogen and oxygen atoms in total. The normalized spacial score (nSPS) is 40.6. The van der Waals surface area contributed by atoms with Crippen LogP contribution in [0.5, 0.6) is 0 Å². The molecule has 0 amide bonds. The highest BCUT2D eigenvalue weighted by atomic mass is 16.7. The van der Waals surface area contributed by atoms with Crippen LogP contribution >= 0.6 is 0 Å². The zero-order valence-corrected chi connectivity index (χ0v) is 13.0. The number of aliphatic hydroxyl groups is 1. The molecule has 2 rings (SSSR count). The summed E-state index contributed by atoms with van der Waals surface area (Å²) in [5, 5.41) is 9.20. The standard InChI is InChI=1S/C16H30O3/c1-14(2,3)13-5-7-16(8-6-13)11-15(4,9-10-17)18-12-19-16/h13,17H,5-12H2,1-4H3. The molecule has 1 unspecified atom stereocenters. The minimum Gasteiger partial charge on any atom is -0.396 e. The van der Waals surface area contributed by atoms with Crippen molar-refractivity contribution in [2.24, 2.45) is 11.3 Å². The molecule has 0 aromatic heterocycles. The van der Waals surface area contributed by atoms with Gasteiger partial charge in [0, 0.05) is 13.0 Å². The van der Waals surface area contributed by atoms with Gasteiger partial charge in [-0.15, -0.1) is 0 Å². The number of rotatable bonds is 2. The van der Waals surface area contributed by atoms with Gasteiger partial charge in [-0.25, -0.2) is 0 Å².